The lowest BCUT2D eigenvalue weighted by Crippen LogP contribution is -2.49. The molecule has 0 radical (unpaired) electrons. The SMILES string of the molecule is CN=C(NCC(OC)c1ccc(F)cc1)NC1CCN(CC(F)F)CC1. The van der Waals surface area contributed by atoms with Crippen LogP contribution in [0.25, 0.3) is 0 Å². The van der Waals surface area contributed by atoms with Crippen molar-refractivity contribution in [1.29, 1.82) is 0 Å². The van der Waals surface area contributed by atoms with Crippen molar-refractivity contribution in [2.24, 2.45) is 4.99 Å². The van der Waals surface area contributed by atoms with Gasteiger partial charge >= 0.3 is 0 Å². The highest BCUT2D eigenvalue weighted by Gasteiger charge is 2.22. The van der Waals surface area contributed by atoms with E-state index in [1.54, 1.807) is 31.2 Å². The van der Waals surface area contributed by atoms with Crippen LogP contribution in [0.5, 0.6) is 0 Å². The number of benzene rings is 1. The van der Waals surface area contributed by atoms with Gasteiger partial charge in [-0.3, -0.25) is 9.89 Å². The van der Waals surface area contributed by atoms with Crippen molar-refractivity contribution >= 4 is 5.96 Å². The smallest absolute Gasteiger partial charge is 0.251 e. The molecule has 0 spiro atoms. The van der Waals surface area contributed by atoms with E-state index in [0.717, 1.165) is 18.4 Å². The van der Waals surface area contributed by atoms with Crippen LogP contribution in [0, 0.1) is 5.82 Å². The number of hydrogen-bond acceptors (Lipinski definition) is 3. The zero-order valence-corrected chi connectivity index (χ0v) is 15.2. The predicted octanol–water partition coefficient (Wildman–Crippen LogP) is 2.41. The lowest BCUT2D eigenvalue weighted by atomic mass is 10.1. The second kappa shape index (κ2) is 10.4. The topological polar surface area (TPSA) is 48.9 Å². The molecule has 1 atom stereocenters. The highest BCUT2D eigenvalue weighted by atomic mass is 19.3. The van der Waals surface area contributed by atoms with Gasteiger partial charge in [0.1, 0.15) is 5.82 Å². The van der Waals surface area contributed by atoms with E-state index in [2.05, 4.69) is 15.6 Å². The zero-order chi connectivity index (χ0) is 18.9. The van der Waals surface area contributed by atoms with Crippen LogP contribution in [0.2, 0.25) is 0 Å². The summed E-state index contributed by atoms with van der Waals surface area (Å²) in [6.07, 6.45) is -0.938. The third-order valence-electron chi connectivity index (χ3n) is 4.53. The molecule has 2 N–H and O–H groups in total. The molecule has 26 heavy (non-hydrogen) atoms. The van der Waals surface area contributed by atoms with Gasteiger partial charge in [0, 0.05) is 39.8 Å². The number of aliphatic imine (C=N–C) groups is 1. The van der Waals surface area contributed by atoms with Gasteiger partial charge in [0.05, 0.1) is 12.6 Å². The highest BCUT2D eigenvalue weighted by Crippen LogP contribution is 2.16. The molecule has 0 amide bonds. The summed E-state index contributed by atoms with van der Waals surface area (Å²) in [4.78, 5) is 6.00. The summed E-state index contributed by atoms with van der Waals surface area (Å²) in [7, 11) is 3.28. The van der Waals surface area contributed by atoms with Gasteiger partial charge in [0.15, 0.2) is 5.96 Å². The van der Waals surface area contributed by atoms with Crippen LogP contribution in [0.1, 0.15) is 24.5 Å². The average Bonchev–Trinajstić information content (AvgIpc) is 2.63. The minimum Gasteiger partial charge on any atom is -0.375 e. The third-order valence-corrected chi connectivity index (χ3v) is 4.53. The molecule has 1 aliphatic heterocycles. The van der Waals surface area contributed by atoms with Gasteiger partial charge in [-0.15, -0.1) is 0 Å². The monoisotopic (exact) mass is 372 g/mol. The molecule has 2 rings (SSSR count). The van der Waals surface area contributed by atoms with E-state index in [1.165, 1.54) is 12.1 Å². The number of halogens is 3. The first kappa shape index (κ1) is 20.5. The Kier molecular flexibility index (Phi) is 8.18. The van der Waals surface area contributed by atoms with Gasteiger partial charge in [-0.1, -0.05) is 12.1 Å². The molecule has 5 nitrogen and oxygen atoms in total. The largest absolute Gasteiger partial charge is 0.375 e. The lowest BCUT2D eigenvalue weighted by molar-refractivity contribution is 0.0743. The first-order valence-corrected chi connectivity index (χ1v) is 8.77. The first-order chi connectivity index (χ1) is 12.5. The molecular formula is C18H27F3N4O. The predicted molar refractivity (Wildman–Crippen MR) is 96.1 cm³/mol. The number of alkyl halides is 2. The fourth-order valence-corrected chi connectivity index (χ4v) is 3.05. The summed E-state index contributed by atoms with van der Waals surface area (Å²) in [5.74, 6) is 0.355. The number of guanidine groups is 1. The van der Waals surface area contributed by atoms with Crippen molar-refractivity contribution in [3.05, 3.63) is 35.6 Å². The quantitative estimate of drug-likeness (QED) is 0.570. The Bertz CT molecular complexity index is 560. The fraction of sp³-hybridized carbons (Fsp3) is 0.611. The molecule has 1 aliphatic rings. The van der Waals surface area contributed by atoms with E-state index >= 15 is 0 Å². The van der Waals surface area contributed by atoms with Crippen LogP contribution in [-0.2, 0) is 4.74 Å². The number of nitrogens with one attached hydrogen (secondary N) is 2. The molecule has 1 aromatic carbocycles. The second-order valence-corrected chi connectivity index (χ2v) is 6.34. The number of nitrogens with zero attached hydrogens (tertiary/aromatic N) is 2. The van der Waals surface area contributed by atoms with Crippen molar-refractivity contribution in [3.63, 3.8) is 0 Å². The second-order valence-electron chi connectivity index (χ2n) is 6.34. The lowest BCUT2D eigenvalue weighted by Gasteiger charge is -2.33. The van der Waals surface area contributed by atoms with Crippen molar-refractivity contribution in [1.82, 2.24) is 15.5 Å². The normalized spacial score (nSPS) is 18.2. The van der Waals surface area contributed by atoms with E-state index in [1.807, 2.05) is 0 Å². The summed E-state index contributed by atoms with van der Waals surface area (Å²) in [5.41, 5.74) is 0.872. The Hall–Kier alpha value is -1.80. The van der Waals surface area contributed by atoms with Gasteiger partial charge in [0.2, 0.25) is 0 Å². The number of rotatable bonds is 7. The Morgan fingerprint density at radius 3 is 2.46 bits per heavy atom. The molecule has 1 unspecified atom stereocenters. The van der Waals surface area contributed by atoms with Crippen LogP contribution in [0.15, 0.2) is 29.3 Å². The van der Waals surface area contributed by atoms with Crippen LogP contribution >= 0.6 is 0 Å². The van der Waals surface area contributed by atoms with Gasteiger partial charge in [-0.05, 0) is 30.5 Å². The Balaban J connectivity index is 1.79. The number of piperidine rings is 1. The van der Waals surface area contributed by atoms with Gasteiger partial charge in [-0.2, -0.15) is 0 Å². The van der Waals surface area contributed by atoms with Gasteiger partial charge in [0.25, 0.3) is 6.43 Å². The molecule has 0 aliphatic carbocycles. The number of ether oxygens (including phenoxy) is 1. The van der Waals surface area contributed by atoms with E-state index in [0.29, 0.717) is 25.6 Å². The Morgan fingerprint density at radius 1 is 1.27 bits per heavy atom. The number of likely N-dealkylation sites (tertiary alicyclic amines) is 1. The first-order valence-electron chi connectivity index (χ1n) is 8.77. The molecule has 1 heterocycles. The molecule has 0 aromatic heterocycles. The van der Waals surface area contributed by atoms with Crippen LogP contribution in [-0.4, -0.2) is 63.7 Å². The maximum Gasteiger partial charge on any atom is 0.251 e. The minimum atomic E-state index is -2.29. The highest BCUT2D eigenvalue weighted by molar-refractivity contribution is 5.80. The molecule has 1 fully saturated rings. The average molecular weight is 372 g/mol. The molecule has 1 saturated heterocycles. The third kappa shape index (κ3) is 6.49. The van der Waals surface area contributed by atoms with Gasteiger partial charge in [-0.25, -0.2) is 13.2 Å². The minimum absolute atomic E-state index is 0.160. The van der Waals surface area contributed by atoms with Crippen molar-refractivity contribution in [2.45, 2.75) is 31.4 Å². The number of methoxy groups -OCH3 is 1. The standard InChI is InChI=1S/C18H27F3N4O/c1-22-18(24-15-7-9-25(10-8-15)12-17(20)21)23-11-16(26-2)13-3-5-14(19)6-4-13/h3-6,15-17H,7-12H2,1-2H3,(H2,22,23,24). The maximum atomic E-state index is 13.0. The summed E-state index contributed by atoms with van der Waals surface area (Å²) in [6.45, 7) is 1.61. The number of hydrogen-bond donors (Lipinski definition) is 2. The summed E-state index contributed by atoms with van der Waals surface area (Å²) in [5, 5.41) is 6.54. The van der Waals surface area contributed by atoms with E-state index in [9.17, 15) is 13.2 Å². The van der Waals surface area contributed by atoms with Crippen LogP contribution < -0.4 is 10.6 Å². The van der Waals surface area contributed by atoms with Crippen molar-refractivity contribution < 1.29 is 17.9 Å². The molecule has 146 valence electrons. The van der Waals surface area contributed by atoms with E-state index < -0.39 is 6.43 Å². The maximum absolute atomic E-state index is 13.0. The van der Waals surface area contributed by atoms with Crippen molar-refractivity contribution in [3.8, 4) is 0 Å². The molecule has 8 heteroatoms. The van der Waals surface area contributed by atoms with E-state index in [4.69, 9.17) is 4.74 Å². The summed E-state index contributed by atoms with van der Waals surface area (Å²) >= 11 is 0. The fourth-order valence-electron chi connectivity index (χ4n) is 3.05. The van der Waals surface area contributed by atoms with Gasteiger partial charge < -0.3 is 15.4 Å². The molecule has 0 bridgehead atoms. The van der Waals surface area contributed by atoms with Crippen molar-refractivity contribution in [2.75, 3.05) is 40.3 Å². The summed E-state index contributed by atoms with van der Waals surface area (Å²) in [6, 6.07) is 6.39. The summed E-state index contributed by atoms with van der Waals surface area (Å²) < 4.78 is 43.4. The Morgan fingerprint density at radius 2 is 1.92 bits per heavy atom. The molecular weight excluding hydrogens is 345 g/mol. The Labute approximate surface area is 152 Å². The van der Waals surface area contributed by atoms with Crippen LogP contribution in [0.3, 0.4) is 0 Å². The zero-order valence-electron chi connectivity index (χ0n) is 15.2. The molecule has 1 aromatic rings. The molecule has 0 saturated carbocycles. The van der Waals surface area contributed by atoms with Crippen LogP contribution in [0.4, 0.5) is 13.2 Å². The van der Waals surface area contributed by atoms with E-state index in [-0.39, 0.29) is 24.5 Å².